The zero-order chi connectivity index (χ0) is 17.4. The first-order valence-corrected chi connectivity index (χ1v) is 9.21. The highest BCUT2D eigenvalue weighted by molar-refractivity contribution is 8.00. The predicted octanol–water partition coefficient (Wildman–Crippen LogP) is 4.58. The summed E-state index contributed by atoms with van der Waals surface area (Å²) in [7, 11) is 1.65. The van der Waals surface area contributed by atoms with E-state index >= 15 is 0 Å². The summed E-state index contributed by atoms with van der Waals surface area (Å²) in [5.74, 6) is 0.916. The largest absolute Gasteiger partial charge is 0.497 e. The number of methoxy groups -OCH3 is 1. The summed E-state index contributed by atoms with van der Waals surface area (Å²) >= 11 is 7.46. The summed E-state index contributed by atoms with van der Waals surface area (Å²) in [6.45, 7) is 2.65. The lowest BCUT2D eigenvalue weighted by Gasteiger charge is -2.15. The van der Waals surface area contributed by atoms with Gasteiger partial charge < -0.3 is 10.1 Å². The summed E-state index contributed by atoms with van der Waals surface area (Å²) in [6.07, 6.45) is 1.58. The highest BCUT2D eigenvalue weighted by Crippen LogP contribution is 2.26. The van der Waals surface area contributed by atoms with E-state index in [9.17, 15) is 4.79 Å². The first-order valence-electron chi connectivity index (χ1n) is 7.95. The quantitative estimate of drug-likeness (QED) is 0.698. The maximum absolute atomic E-state index is 12.4. The molecule has 0 bridgehead atoms. The molecule has 0 fully saturated rings. The molecule has 0 aliphatic heterocycles. The highest BCUT2D eigenvalue weighted by atomic mass is 35.5. The molecule has 0 saturated heterocycles. The minimum absolute atomic E-state index is 0.0750. The molecule has 0 heterocycles. The Morgan fingerprint density at radius 3 is 2.42 bits per heavy atom. The highest BCUT2D eigenvalue weighted by Gasteiger charge is 2.17. The zero-order valence-corrected chi connectivity index (χ0v) is 15.5. The van der Waals surface area contributed by atoms with E-state index in [2.05, 4.69) is 5.32 Å². The number of ether oxygens (including phenoxy) is 1. The second-order valence-corrected chi connectivity index (χ2v) is 7.07. The van der Waals surface area contributed by atoms with E-state index < -0.39 is 0 Å². The van der Waals surface area contributed by atoms with Gasteiger partial charge in [-0.1, -0.05) is 30.7 Å². The topological polar surface area (TPSA) is 38.3 Å². The van der Waals surface area contributed by atoms with Crippen molar-refractivity contribution in [2.24, 2.45) is 0 Å². The van der Waals surface area contributed by atoms with Crippen LogP contribution in [0.15, 0.2) is 53.4 Å². The number of hydrogen-bond acceptors (Lipinski definition) is 3. The lowest BCUT2D eigenvalue weighted by atomic mass is 10.1. The number of halogens is 1. The lowest BCUT2D eigenvalue weighted by Crippen LogP contribution is -2.33. The molecule has 0 aliphatic carbocycles. The van der Waals surface area contributed by atoms with Crippen LogP contribution < -0.4 is 10.1 Å². The van der Waals surface area contributed by atoms with Crippen LogP contribution >= 0.6 is 23.4 Å². The Hall–Kier alpha value is -1.65. The second kappa shape index (κ2) is 9.60. The third kappa shape index (κ3) is 5.77. The fourth-order valence-electron chi connectivity index (χ4n) is 2.24. The summed E-state index contributed by atoms with van der Waals surface area (Å²) in [5.41, 5.74) is 1.18. The summed E-state index contributed by atoms with van der Waals surface area (Å²) in [5, 5.41) is 3.63. The molecule has 0 spiro atoms. The fourth-order valence-corrected chi connectivity index (χ4v) is 3.34. The zero-order valence-electron chi connectivity index (χ0n) is 13.9. The van der Waals surface area contributed by atoms with Crippen molar-refractivity contribution in [2.75, 3.05) is 13.7 Å². The molecule has 1 N–H and O–H groups in total. The van der Waals surface area contributed by atoms with Crippen molar-refractivity contribution in [3.63, 3.8) is 0 Å². The third-order valence-corrected chi connectivity index (χ3v) is 5.26. The van der Waals surface area contributed by atoms with Gasteiger partial charge in [0.15, 0.2) is 0 Å². The average Bonchev–Trinajstić information content (AvgIpc) is 2.61. The van der Waals surface area contributed by atoms with Gasteiger partial charge in [0.05, 0.1) is 12.4 Å². The molecule has 3 nitrogen and oxygen atoms in total. The first kappa shape index (κ1) is 18.7. The van der Waals surface area contributed by atoms with Crippen molar-refractivity contribution in [3.8, 4) is 5.75 Å². The molecule has 24 heavy (non-hydrogen) atoms. The smallest absolute Gasteiger partial charge is 0.233 e. The van der Waals surface area contributed by atoms with Gasteiger partial charge in [-0.25, -0.2) is 0 Å². The van der Waals surface area contributed by atoms with Crippen LogP contribution in [0.4, 0.5) is 0 Å². The number of carbonyl (C=O) groups is 1. The van der Waals surface area contributed by atoms with Crippen molar-refractivity contribution >= 4 is 29.3 Å². The van der Waals surface area contributed by atoms with Crippen molar-refractivity contribution in [2.45, 2.75) is 29.9 Å². The molecule has 0 unspecified atom stereocenters. The fraction of sp³-hybridized carbons (Fsp3) is 0.316. The van der Waals surface area contributed by atoms with Crippen LogP contribution in [0.2, 0.25) is 5.02 Å². The van der Waals surface area contributed by atoms with Crippen LogP contribution in [0, 0.1) is 0 Å². The van der Waals surface area contributed by atoms with Gasteiger partial charge in [0.25, 0.3) is 0 Å². The van der Waals surface area contributed by atoms with Crippen LogP contribution in [-0.4, -0.2) is 24.8 Å². The third-order valence-electron chi connectivity index (χ3n) is 3.63. The molecule has 2 aromatic carbocycles. The van der Waals surface area contributed by atoms with Gasteiger partial charge in [-0.05, 0) is 54.8 Å². The van der Waals surface area contributed by atoms with Gasteiger partial charge in [0.1, 0.15) is 5.75 Å². The Morgan fingerprint density at radius 1 is 1.17 bits per heavy atom. The molecule has 1 amide bonds. The summed E-state index contributed by atoms with van der Waals surface area (Å²) < 4.78 is 5.14. The Balaban J connectivity index is 1.81. The number of thioether (sulfide) groups is 1. The number of nitrogens with one attached hydrogen (secondary N) is 1. The van der Waals surface area contributed by atoms with Gasteiger partial charge in [-0.15, -0.1) is 11.8 Å². The predicted molar refractivity (Wildman–Crippen MR) is 101 cm³/mol. The van der Waals surface area contributed by atoms with E-state index in [4.69, 9.17) is 16.3 Å². The number of amides is 1. The summed E-state index contributed by atoms with van der Waals surface area (Å²) in [4.78, 5) is 13.4. The number of hydrogen-bond donors (Lipinski definition) is 1. The maximum Gasteiger partial charge on any atom is 0.233 e. The van der Waals surface area contributed by atoms with E-state index in [0.717, 1.165) is 23.5 Å². The molecule has 2 rings (SSSR count). The van der Waals surface area contributed by atoms with Gasteiger partial charge >= 0.3 is 0 Å². The van der Waals surface area contributed by atoms with Crippen molar-refractivity contribution < 1.29 is 9.53 Å². The monoisotopic (exact) mass is 363 g/mol. The lowest BCUT2D eigenvalue weighted by molar-refractivity contribution is -0.120. The molecule has 128 valence electrons. The Kier molecular flexibility index (Phi) is 7.47. The van der Waals surface area contributed by atoms with Crippen molar-refractivity contribution in [3.05, 3.63) is 59.1 Å². The molecule has 1 atom stereocenters. The number of benzene rings is 2. The van der Waals surface area contributed by atoms with Crippen LogP contribution in [-0.2, 0) is 11.2 Å². The molecular formula is C19H22ClNO2S. The SMILES string of the molecule is CC[C@@H](Sc1ccc(Cl)cc1)C(=O)NCCc1ccc(OC)cc1. The standard InChI is InChI=1S/C19H22ClNO2S/c1-3-18(24-17-10-6-15(20)7-11-17)19(22)21-13-12-14-4-8-16(23-2)9-5-14/h4-11,18H,3,12-13H2,1-2H3,(H,21,22)/t18-/m1/s1. The van der Waals surface area contributed by atoms with Gasteiger partial charge in [0.2, 0.25) is 5.91 Å². The number of carbonyl (C=O) groups excluding carboxylic acids is 1. The molecular weight excluding hydrogens is 342 g/mol. The van der Waals surface area contributed by atoms with Crippen LogP contribution in [0.5, 0.6) is 5.75 Å². The molecule has 0 saturated carbocycles. The minimum atomic E-state index is -0.0953. The van der Waals surface area contributed by atoms with Gasteiger partial charge in [0, 0.05) is 16.5 Å². The minimum Gasteiger partial charge on any atom is -0.497 e. The van der Waals surface area contributed by atoms with E-state index in [1.54, 1.807) is 18.9 Å². The van der Waals surface area contributed by atoms with E-state index in [1.807, 2.05) is 55.5 Å². The van der Waals surface area contributed by atoms with E-state index in [0.29, 0.717) is 11.6 Å². The molecule has 0 aliphatic rings. The van der Waals surface area contributed by atoms with Crippen molar-refractivity contribution in [1.82, 2.24) is 5.32 Å². The van der Waals surface area contributed by atoms with E-state index in [-0.39, 0.29) is 11.2 Å². The second-order valence-electron chi connectivity index (χ2n) is 5.36. The average molecular weight is 364 g/mol. The van der Waals surface area contributed by atoms with E-state index in [1.165, 1.54) is 5.56 Å². The Labute approximate surface area is 152 Å². The normalized spacial score (nSPS) is 11.8. The molecule has 0 aromatic heterocycles. The van der Waals surface area contributed by atoms with Gasteiger partial charge in [-0.2, -0.15) is 0 Å². The first-order chi connectivity index (χ1) is 11.6. The molecule has 0 radical (unpaired) electrons. The Morgan fingerprint density at radius 2 is 1.83 bits per heavy atom. The van der Waals surface area contributed by atoms with Crippen molar-refractivity contribution in [1.29, 1.82) is 0 Å². The number of rotatable bonds is 8. The molecule has 2 aromatic rings. The van der Waals surface area contributed by atoms with Gasteiger partial charge in [-0.3, -0.25) is 4.79 Å². The molecule has 5 heteroatoms. The summed E-state index contributed by atoms with van der Waals surface area (Å²) in [6, 6.07) is 15.5. The van der Waals surface area contributed by atoms with Crippen LogP contribution in [0.3, 0.4) is 0 Å². The maximum atomic E-state index is 12.4. The Bertz CT molecular complexity index is 643. The van der Waals surface area contributed by atoms with Crippen LogP contribution in [0.1, 0.15) is 18.9 Å². The van der Waals surface area contributed by atoms with Crippen LogP contribution in [0.25, 0.3) is 0 Å².